The molecule has 146 valence electrons. The van der Waals surface area contributed by atoms with Crippen molar-refractivity contribution in [1.29, 1.82) is 0 Å². The molecule has 0 amide bonds. The van der Waals surface area contributed by atoms with Crippen LogP contribution in [0.5, 0.6) is 5.75 Å². The number of para-hydroxylation sites is 1. The highest BCUT2D eigenvalue weighted by Crippen LogP contribution is 2.36. The Labute approximate surface area is 153 Å². The van der Waals surface area contributed by atoms with Crippen molar-refractivity contribution in [3.63, 3.8) is 0 Å². The van der Waals surface area contributed by atoms with E-state index in [-0.39, 0.29) is 12.4 Å². The first kappa shape index (κ1) is 20.5. The first-order valence-electron chi connectivity index (χ1n) is 7.66. The molecule has 0 fully saturated rings. The number of benzene rings is 2. The Morgan fingerprint density at radius 1 is 1.19 bits per heavy atom. The van der Waals surface area contributed by atoms with Gasteiger partial charge in [0.2, 0.25) is 0 Å². The van der Waals surface area contributed by atoms with E-state index in [4.69, 9.17) is 4.74 Å². The molecule has 0 aliphatic heterocycles. The molecular weight excluding hydrogens is 389 g/mol. The molecule has 0 spiro atoms. The Morgan fingerprint density at radius 3 is 2.44 bits per heavy atom. The van der Waals surface area contributed by atoms with Gasteiger partial charge in [-0.15, -0.1) is 0 Å². The lowest BCUT2D eigenvalue weighted by Gasteiger charge is -2.16. The number of nitrogens with one attached hydrogen (secondary N) is 1. The van der Waals surface area contributed by atoms with Gasteiger partial charge < -0.3 is 4.74 Å². The minimum atomic E-state index is -4.71. The lowest BCUT2D eigenvalue weighted by Crippen LogP contribution is -2.16. The molecule has 0 aliphatic rings. The zero-order valence-electron chi connectivity index (χ0n) is 14.0. The van der Waals surface area contributed by atoms with Crippen molar-refractivity contribution in [2.75, 3.05) is 11.3 Å². The first-order chi connectivity index (χ1) is 12.6. The fourth-order valence-electron chi connectivity index (χ4n) is 2.16. The summed E-state index contributed by atoms with van der Waals surface area (Å²) in [4.78, 5) is 9.49. The molecule has 0 atom stereocenters. The van der Waals surface area contributed by atoms with Crippen molar-refractivity contribution in [2.24, 2.45) is 0 Å². The Balaban J connectivity index is 2.52. The average molecular weight is 404 g/mol. The topological polar surface area (TPSA) is 98.5 Å². The number of rotatable bonds is 7. The van der Waals surface area contributed by atoms with Crippen LogP contribution in [0.2, 0.25) is 0 Å². The molecule has 0 radical (unpaired) electrons. The van der Waals surface area contributed by atoms with Gasteiger partial charge >= 0.3 is 6.18 Å². The van der Waals surface area contributed by atoms with Gasteiger partial charge in [0.25, 0.3) is 15.7 Å². The second kappa shape index (κ2) is 7.82. The first-order valence-corrected chi connectivity index (χ1v) is 9.15. The number of anilines is 1. The van der Waals surface area contributed by atoms with Crippen LogP contribution in [-0.2, 0) is 16.2 Å². The van der Waals surface area contributed by atoms with Gasteiger partial charge in [0.05, 0.1) is 22.8 Å². The molecule has 0 aromatic heterocycles. The van der Waals surface area contributed by atoms with Gasteiger partial charge in [-0.25, -0.2) is 8.42 Å². The van der Waals surface area contributed by atoms with Crippen LogP contribution in [-0.4, -0.2) is 19.9 Å². The molecule has 0 bridgehead atoms. The minimum Gasteiger partial charge on any atom is -0.491 e. The van der Waals surface area contributed by atoms with Crippen molar-refractivity contribution in [1.82, 2.24) is 0 Å². The number of hydrogen-bond donors (Lipinski definition) is 1. The van der Waals surface area contributed by atoms with Crippen molar-refractivity contribution in [2.45, 2.75) is 24.4 Å². The highest BCUT2D eigenvalue weighted by atomic mass is 32.2. The normalized spacial score (nSPS) is 11.9. The molecule has 2 aromatic rings. The van der Waals surface area contributed by atoms with Crippen LogP contribution in [0.25, 0.3) is 0 Å². The van der Waals surface area contributed by atoms with Gasteiger partial charge in [-0.3, -0.25) is 14.8 Å². The summed E-state index contributed by atoms with van der Waals surface area (Å²) in [7, 11) is -4.54. The molecular formula is C16H15F3N2O5S. The maximum Gasteiger partial charge on any atom is 0.416 e. The third-order valence-electron chi connectivity index (χ3n) is 3.36. The van der Waals surface area contributed by atoms with E-state index in [1.807, 2.05) is 4.72 Å². The molecule has 2 rings (SSSR count). The second-order valence-corrected chi connectivity index (χ2v) is 7.04. The van der Waals surface area contributed by atoms with Gasteiger partial charge in [-0.1, -0.05) is 19.1 Å². The highest BCUT2D eigenvalue weighted by Gasteiger charge is 2.32. The van der Waals surface area contributed by atoms with E-state index in [0.29, 0.717) is 12.5 Å². The second-order valence-electron chi connectivity index (χ2n) is 5.39. The van der Waals surface area contributed by atoms with Gasteiger partial charge in [0.15, 0.2) is 4.90 Å². The zero-order chi connectivity index (χ0) is 20.2. The number of alkyl halides is 3. The number of ether oxygens (including phenoxy) is 1. The predicted molar refractivity (Wildman–Crippen MR) is 91.1 cm³/mol. The molecule has 0 heterocycles. The maximum atomic E-state index is 13.0. The van der Waals surface area contributed by atoms with E-state index in [2.05, 4.69) is 0 Å². The molecule has 0 saturated heterocycles. The summed E-state index contributed by atoms with van der Waals surface area (Å²) >= 11 is 0. The number of hydrogen-bond acceptors (Lipinski definition) is 5. The Bertz CT molecular complexity index is 945. The molecule has 11 heteroatoms. The zero-order valence-corrected chi connectivity index (χ0v) is 14.8. The lowest BCUT2D eigenvalue weighted by molar-refractivity contribution is -0.387. The number of halogens is 3. The third-order valence-corrected chi connectivity index (χ3v) is 4.78. The SMILES string of the molecule is CCCOc1ccc(C(F)(F)F)cc1NS(=O)(=O)c1ccccc1[N+](=O)[O-]. The quantitative estimate of drug-likeness (QED) is 0.551. The van der Waals surface area contributed by atoms with E-state index >= 15 is 0 Å². The van der Waals surface area contributed by atoms with Crippen LogP contribution in [0.3, 0.4) is 0 Å². The average Bonchev–Trinajstić information content (AvgIpc) is 2.59. The van der Waals surface area contributed by atoms with E-state index < -0.39 is 43.0 Å². The van der Waals surface area contributed by atoms with Crippen LogP contribution in [0.1, 0.15) is 18.9 Å². The van der Waals surface area contributed by atoms with Gasteiger partial charge in [0.1, 0.15) is 5.75 Å². The molecule has 0 unspecified atom stereocenters. The van der Waals surface area contributed by atoms with Crippen LogP contribution in [0.4, 0.5) is 24.5 Å². The van der Waals surface area contributed by atoms with Crippen LogP contribution < -0.4 is 9.46 Å². The molecule has 0 aliphatic carbocycles. The smallest absolute Gasteiger partial charge is 0.416 e. The van der Waals surface area contributed by atoms with Gasteiger partial charge in [-0.2, -0.15) is 13.2 Å². The summed E-state index contributed by atoms with van der Waals surface area (Å²) in [5.74, 6) is -0.119. The summed E-state index contributed by atoms with van der Waals surface area (Å²) in [5, 5.41) is 11.1. The third kappa shape index (κ3) is 4.88. The number of sulfonamides is 1. The fraction of sp³-hybridized carbons (Fsp3) is 0.250. The summed E-state index contributed by atoms with van der Waals surface area (Å²) in [6.07, 6.45) is -4.17. The van der Waals surface area contributed by atoms with Gasteiger partial charge in [0, 0.05) is 6.07 Å². The largest absolute Gasteiger partial charge is 0.491 e. The molecule has 0 saturated carbocycles. The highest BCUT2D eigenvalue weighted by molar-refractivity contribution is 7.92. The summed E-state index contributed by atoms with van der Waals surface area (Å²) in [6.45, 7) is 1.91. The standard InChI is InChI=1S/C16H15F3N2O5S/c1-2-9-26-14-8-7-11(16(17,18)19)10-12(14)20-27(24,25)15-6-4-3-5-13(15)21(22)23/h3-8,10,20H,2,9H2,1H3. The molecule has 27 heavy (non-hydrogen) atoms. The fourth-order valence-corrected chi connectivity index (χ4v) is 3.39. The lowest BCUT2D eigenvalue weighted by atomic mass is 10.2. The molecule has 1 N–H and O–H groups in total. The Morgan fingerprint density at radius 2 is 1.85 bits per heavy atom. The van der Waals surface area contributed by atoms with Crippen molar-refractivity contribution in [3.8, 4) is 5.75 Å². The van der Waals surface area contributed by atoms with E-state index in [1.54, 1.807) is 6.92 Å². The van der Waals surface area contributed by atoms with Crippen LogP contribution >= 0.6 is 0 Å². The van der Waals surface area contributed by atoms with E-state index in [9.17, 15) is 31.7 Å². The Kier molecular flexibility index (Phi) is 5.94. The minimum absolute atomic E-state index is 0.119. The molecule has 2 aromatic carbocycles. The van der Waals surface area contributed by atoms with Crippen molar-refractivity contribution in [3.05, 3.63) is 58.1 Å². The summed E-state index contributed by atoms with van der Waals surface area (Å²) in [6, 6.07) is 6.84. The summed E-state index contributed by atoms with van der Waals surface area (Å²) in [5.41, 5.74) is -2.25. The van der Waals surface area contributed by atoms with Crippen molar-refractivity contribution < 1.29 is 31.2 Å². The predicted octanol–water partition coefficient (Wildman–Crippen LogP) is 4.20. The van der Waals surface area contributed by atoms with E-state index in [1.165, 1.54) is 12.1 Å². The van der Waals surface area contributed by atoms with Crippen LogP contribution in [0, 0.1) is 10.1 Å². The Hall–Kier alpha value is -2.82. The molecule has 7 nitrogen and oxygen atoms in total. The number of nitro groups is 1. The monoisotopic (exact) mass is 404 g/mol. The number of nitro benzene ring substituents is 1. The van der Waals surface area contributed by atoms with Crippen LogP contribution in [0.15, 0.2) is 47.4 Å². The van der Waals surface area contributed by atoms with Gasteiger partial charge in [-0.05, 0) is 30.7 Å². The van der Waals surface area contributed by atoms with E-state index in [0.717, 1.165) is 24.3 Å². The maximum absolute atomic E-state index is 13.0. The number of nitrogens with zero attached hydrogens (tertiary/aromatic N) is 1. The summed E-state index contributed by atoms with van der Waals surface area (Å²) < 4.78 is 71.3. The van der Waals surface area contributed by atoms with Crippen molar-refractivity contribution >= 4 is 21.4 Å².